The minimum atomic E-state index is -1.22. The molecular weight excluding hydrogens is 272 g/mol. The number of carbonyl (C=O) groups excluding carboxylic acids is 2. The lowest BCUT2D eigenvalue weighted by Crippen LogP contribution is -2.10. The Kier molecular flexibility index (Phi) is 6.60. The highest BCUT2D eigenvalue weighted by atomic mass is 16.5. The van der Waals surface area contributed by atoms with Crippen molar-refractivity contribution in [2.24, 2.45) is 0 Å². The summed E-state index contributed by atoms with van der Waals surface area (Å²) in [6, 6.07) is 6.20. The van der Waals surface area contributed by atoms with Crippen LogP contribution >= 0.6 is 0 Å². The summed E-state index contributed by atoms with van der Waals surface area (Å²) >= 11 is 0. The molecule has 0 saturated carbocycles. The number of rotatable bonds is 8. The summed E-state index contributed by atoms with van der Waals surface area (Å²) in [5, 5.41) is 8.51. The van der Waals surface area contributed by atoms with E-state index in [9.17, 15) is 14.4 Å². The average molecular weight is 288 g/mol. The molecule has 0 aliphatic rings. The van der Waals surface area contributed by atoms with Gasteiger partial charge in [-0.15, -0.1) is 6.58 Å². The molecule has 0 spiro atoms. The Hall–Kier alpha value is -2.69. The molecule has 0 fully saturated rings. The minimum absolute atomic E-state index is 0.126. The van der Waals surface area contributed by atoms with Crippen molar-refractivity contribution >= 4 is 17.7 Å². The van der Waals surface area contributed by atoms with Gasteiger partial charge in [0.1, 0.15) is 5.75 Å². The van der Waals surface area contributed by atoms with Gasteiger partial charge in [-0.3, -0.25) is 9.59 Å². The summed E-state index contributed by atoms with van der Waals surface area (Å²) in [6.07, 6.45) is 4.92. The van der Waals surface area contributed by atoms with Crippen molar-refractivity contribution < 1.29 is 24.2 Å². The predicted octanol–water partition coefficient (Wildman–Crippen LogP) is 2.77. The van der Waals surface area contributed by atoms with Crippen LogP contribution in [0.4, 0.5) is 0 Å². The average Bonchev–Trinajstić information content (AvgIpc) is 2.45. The topological polar surface area (TPSA) is 80.7 Å². The number of carboxylic acids is 1. The summed E-state index contributed by atoms with van der Waals surface area (Å²) in [7, 11) is 0. The van der Waals surface area contributed by atoms with Crippen molar-refractivity contribution in [2.45, 2.75) is 19.3 Å². The second-order valence-corrected chi connectivity index (χ2v) is 4.19. The number of aliphatic carboxylic acids is 1. The van der Waals surface area contributed by atoms with E-state index in [1.54, 1.807) is 18.2 Å². The van der Waals surface area contributed by atoms with Crippen molar-refractivity contribution in [1.82, 2.24) is 0 Å². The van der Waals surface area contributed by atoms with Gasteiger partial charge in [0.15, 0.2) is 5.78 Å². The summed E-state index contributed by atoms with van der Waals surface area (Å²) in [5.41, 5.74) is 0.145. The number of carbonyl (C=O) groups is 3. The summed E-state index contributed by atoms with van der Waals surface area (Å²) in [6.45, 7) is 3.56. The van der Waals surface area contributed by atoms with Gasteiger partial charge in [-0.25, -0.2) is 4.79 Å². The third kappa shape index (κ3) is 5.86. The highest BCUT2D eigenvalue weighted by Gasteiger charge is 2.13. The molecule has 0 aromatic heterocycles. The van der Waals surface area contributed by atoms with Crippen LogP contribution in [-0.2, 0) is 9.59 Å². The fourth-order valence-electron chi connectivity index (χ4n) is 1.56. The fourth-order valence-corrected chi connectivity index (χ4v) is 1.56. The SMILES string of the molecule is C=CCCCC(=O)Oc1ccccc1C(=O)C=CC(=O)O. The third-order valence-corrected chi connectivity index (χ3v) is 2.54. The molecule has 5 nitrogen and oxygen atoms in total. The number of ether oxygens (including phenoxy) is 1. The standard InChI is InChI=1S/C16H16O5/c1-2-3-4-9-16(20)21-14-8-6-5-7-12(14)13(17)10-11-15(18)19/h2,5-8,10-11H,1,3-4,9H2,(H,18,19). The van der Waals surface area contributed by atoms with Gasteiger partial charge >= 0.3 is 11.9 Å². The molecule has 0 bridgehead atoms. The Morgan fingerprint density at radius 1 is 1.19 bits per heavy atom. The number of ketones is 1. The molecule has 1 aromatic rings. The van der Waals surface area contributed by atoms with Crippen LogP contribution in [0.3, 0.4) is 0 Å². The first-order valence-corrected chi connectivity index (χ1v) is 6.40. The lowest BCUT2D eigenvalue weighted by atomic mass is 10.1. The van der Waals surface area contributed by atoms with Gasteiger partial charge in [0.2, 0.25) is 0 Å². The zero-order chi connectivity index (χ0) is 15.7. The van der Waals surface area contributed by atoms with Crippen molar-refractivity contribution in [3.63, 3.8) is 0 Å². The van der Waals surface area contributed by atoms with Crippen molar-refractivity contribution in [3.8, 4) is 5.75 Å². The molecule has 5 heteroatoms. The second-order valence-electron chi connectivity index (χ2n) is 4.19. The van der Waals surface area contributed by atoms with E-state index in [0.29, 0.717) is 12.8 Å². The van der Waals surface area contributed by atoms with Crippen LogP contribution in [-0.4, -0.2) is 22.8 Å². The van der Waals surface area contributed by atoms with Gasteiger partial charge in [0.25, 0.3) is 0 Å². The Morgan fingerprint density at radius 3 is 2.57 bits per heavy atom. The molecule has 0 aliphatic carbocycles. The Morgan fingerprint density at radius 2 is 1.90 bits per heavy atom. The lowest BCUT2D eigenvalue weighted by Gasteiger charge is -2.07. The van der Waals surface area contributed by atoms with Gasteiger partial charge in [-0.1, -0.05) is 18.2 Å². The Labute approximate surface area is 122 Å². The first kappa shape index (κ1) is 16.4. The summed E-state index contributed by atoms with van der Waals surface area (Å²) in [4.78, 5) is 33.9. The molecular formula is C16H16O5. The van der Waals surface area contributed by atoms with Gasteiger partial charge in [0.05, 0.1) is 5.56 Å². The molecule has 21 heavy (non-hydrogen) atoms. The first-order valence-electron chi connectivity index (χ1n) is 6.40. The van der Waals surface area contributed by atoms with Crippen LogP contribution in [0.25, 0.3) is 0 Å². The molecule has 110 valence electrons. The normalized spacial score (nSPS) is 10.3. The number of carboxylic acid groups (broad SMARTS) is 1. The molecule has 1 aromatic carbocycles. The number of benzene rings is 1. The smallest absolute Gasteiger partial charge is 0.328 e. The van der Waals surface area contributed by atoms with Gasteiger partial charge < -0.3 is 9.84 Å². The molecule has 0 unspecified atom stereocenters. The third-order valence-electron chi connectivity index (χ3n) is 2.54. The number of hydrogen-bond donors (Lipinski definition) is 1. The molecule has 0 heterocycles. The summed E-state index contributed by atoms with van der Waals surface area (Å²) < 4.78 is 5.14. The zero-order valence-corrected chi connectivity index (χ0v) is 11.5. The highest BCUT2D eigenvalue weighted by Crippen LogP contribution is 2.20. The van der Waals surface area contributed by atoms with Gasteiger partial charge in [-0.2, -0.15) is 0 Å². The largest absolute Gasteiger partial charge is 0.478 e. The van der Waals surface area contributed by atoms with Crippen LogP contribution in [0.2, 0.25) is 0 Å². The monoisotopic (exact) mass is 288 g/mol. The number of para-hydroxylation sites is 1. The maximum Gasteiger partial charge on any atom is 0.328 e. The molecule has 0 aliphatic heterocycles. The van der Waals surface area contributed by atoms with E-state index in [-0.39, 0.29) is 17.7 Å². The van der Waals surface area contributed by atoms with Crippen molar-refractivity contribution in [3.05, 3.63) is 54.6 Å². The van der Waals surface area contributed by atoms with E-state index in [1.165, 1.54) is 12.1 Å². The van der Waals surface area contributed by atoms with E-state index in [1.807, 2.05) is 0 Å². The number of hydrogen-bond acceptors (Lipinski definition) is 4. The highest BCUT2D eigenvalue weighted by molar-refractivity contribution is 6.08. The van der Waals surface area contributed by atoms with Crippen LogP contribution in [0.1, 0.15) is 29.6 Å². The maximum atomic E-state index is 11.9. The van der Waals surface area contributed by atoms with Gasteiger partial charge in [0, 0.05) is 12.5 Å². The quantitative estimate of drug-likeness (QED) is 0.199. The number of allylic oxidation sites excluding steroid dienone is 2. The number of esters is 1. The van der Waals surface area contributed by atoms with Crippen LogP contribution in [0.5, 0.6) is 5.75 Å². The Balaban J connectivity index is 2.79. The van der Waals surface area contributed by atoms with E-state index < -0.39 is 17.7 Å². The van der Waals surface area contributed by atoms with Gasteiger partial charge in [-0.05, 0) is 31.1 Å². The van der Waals surface area contributed by atoms with Crippen LogP contribution in [0, 0.1) is 0 Å². The first-order chi connectivity index (χ1) is 10.0. The molecule has 0 atom stereocenters. The lowest BCUT2D eigenvalue weighted by molar-refractivity contribution is -0.134. The van der Waals surface area contributed by atoms with Crippen LogP contribution in [0.15, 0.2) is 49.1 Å². The van der Waals surface area contributed by atoms with Crippen molar-refractivity contribution in [1.29, 1.82) is 0 Å². The molecule has 1 N–H and O–H groups in total. The molecule has 0 amide bonds. The number of unbranched alkanes of at least 4 members (excludes halogenated alkanes) is 1. The predicted molar refractivity (Wildman–Crippen MR) is 77.2 cm³/mol. The van der Waals surface area contributed by atoms with E-state index >= 15 is 0 Å². The van der Waals surface area contributed by atoms with E-state index in [0.717, 1.165) is 12.2 Å². The van der Waals surface area contributed by atoms with Crippen molar-refractivity contribution in [2.75, 3.05) is 0 Å². The fraction of sp³-hybridized carbons (Fsp3) is 0.188. The second kappa shape index (κ2) is 8.47. The van der Waals surface area contributed by atoms with Crippen LogP contribution < -0.4 is 4.74 Å². The molecule has 1 rings (SSSR count). The zero-order valence-electron chi connectivity index (χ0n) is 11.5. The minimum Gasteiger partial charge on any atom is -0.478 e. The maximum absolute atomic E-state index is 11.9. The Bertz CT molecular complexity index is 572. The summed E-state index contributed by atoms with van der Waals surface area (Å²) in [5.74, 6) is -2.07. The molecule has 0 radical (unpaired) electrons. The van der Waals surface area contributed by atoms with E-state index in [2.05, 4.69) is 6.58 Å². The van der Waals surface area contributed by atoms with E-state index in [4.69, 9.17) is 9.84 Å². The molecule has 0 saturated heterocycles.